The SMILES string of the molecule is CCC(CN)C(=O)Nc1ccc(-c2coc(C)n2)cc1. The Morgan fingerprint density at radius 3 is 2.60 bits per heavy atom. The maximum absolute atomic E-state index is 11.9. The molecule has 20 heavy (non-hydrogen) atoms. The minimum Gasteiger partial charge on any atom is -0.449 e. The first kappa shape index (κ1) is 14.3. The van der Waals surface area contributed by atoms with Crippen LogP contribution in [0.5, 0.6) is 0 Å². The molecule has 0 aliphatic rings. The summed E-state index contributed by atoms with van der Waals surface area (Å²) >= 11 is 0. The number of aromatic nitrogens is 1. The predicted molar refractivity (Wildman–Crippen MR) is 78.1 cm³/mol. The lowest BCUT2D eigenvalue weighted by Gasteiger charge is -2.12. The van der Waals surface area contributed by atoms with Crippen LogP contribution in [0.25, 0.3) is 11.3 Å². The summed E-state index contributed by atoms with van der Waals surface area (Å²) < 4.78 is 5.18. The standard InChI is InChI=1S/C15H19N3O2/c1-3-11(8-16)15(19)18-13-6-4-12(5-7-13)14-9-20-10(2)17-14/h4-7,9,11H,3,8,16H2,1-2H3,(H,18,19). The van der Waals surface area contributed by atoms with Crippen LogP contribution in [0.4, 0.5) is 5.69 Å². The largest absolute Gasteiger partial charge is 0.449 e. The van der Waals surface area contributed by atoms with Gasteiger partial charge in [-0.3, -0.25) is 4.79 Å². The topological polar surface area (TPSA) is 81.2 Å². The second kappa shape index (κ2) is 6.34. The van der Waals surface area contributed by atoms with Gasteiger partial charge >= 0.3 is 0 Å². The predicted octanol–water partition coefficient (Wildman–Crippen LogP) is 2.57. The fourth-order valence-electron chi connectivity index (χ4n) is 1.92. The Labute approximate surface area is 118 Å². The Hall–Kier alpha value is -2.14. The number of nitrogens with zero attached hydrogens (tertiary/aromatic N) is 1. The maximum atomic E-state index is 11.9. The number of oxazole rings is 1. The highest BCUT2D eigenvalue weighted by Gasteiger charge is 2.14. The van der Waals surface area contributed by atoms with Crippen molar-refractivity contribution in [3.63, 3.8) is 0 Å². The molecule has 106 valence electrons. The molecule has 2 aromatic rings. The van der Waals surface area contributed by atoms with Gasteiger partial charge in [0.2, 0.25) is 5.91 Å². The van der Waals surface area contributed by atoms with Gasteiger partial charge in [0.15, 0.2) is 5.89 Å². The van der Waals surface area contributed by atoms with E-state index in [0.717, 1.165) is 23.4 Å². The molecule has 0 saturated carbocycles. The third-order valence-corrected chi connectivity index (χ3v) is 3.22. The van der Waals surface area contributed by atoms with E-state index in [4.69, 9.17) is 10.2 Å². The molecule has 2 rings (SSSR count). The molecule has 5 nitrogen and oxygen atoms in total. The number of hydrogen-bond donors (Lipinski definition) is 2. The summed E-state index contributed by atoms with van der Waals surface area (Å²) in [4.78, 5) is 16.2. The van der Waals surface area contributed by atoms with E-state index in [2.05, 4.69) is 10.3 Å². The van der Waals surface area contributed by atoms with Crippen LogP contribution in [-0.2, 0) is 4.79 Å². The molecule has 0 fully saturated rings. The number of anilines is 1. The van der Waals surface area contributed by atoms with Gasteiger partial charge in [0, 0.05) is 24.7 Å². The molecular formula is C15H19N3O2. The van der Waals surface area contributed by atoms with Gasteiger partial charge in [0.25, 0.3) is 0 Å². The van der Waals surface area contributed by atoms with E-state index in [1.165, 1.54) is 0 Å². The zero-order valence-electron chi connectivity index (χ0n) is 11.7. The fraction of sp³-hybridized carbons (Fsp3) is 0.333. The van der Waals surface area contributed by atoms with E-state index in [1.807, 2.05) is 31.2 Å². The number of carbonyl (C=O) groups is 1. The third kappa shape index (κ3) is 3.24. The summed E-state index contributed by atoms with van der Waals surface area (Å²) in [5.74, 6) is 0.444. The van der Waals surface area contributed by atoms with Crippen molar-refractivity contribution in [3.8, 4) is 11.3 Å². The van der Waals surface area contributed by atoms with E-state index >= 15 is 0 Å². The van der Waals surface area contributed by atoms with Crippen LogP contribution in [0.15, 0.2) is 34.9 Å². The zero-order chi connectivity index (χ0) is 14.5. The number of nitrogens with two attached hydrogens (primary N) is 1. The number of aryl methyl sites for hydroxylation is 1. The molecule has 3 N–H and O–H groups in total. The smallest absolute Gasteiger partial charge is 0.228 e. The molecule has 0 aliphatic carbocycles. The number of hydrogen-bond acceptors (Lipinski definition) is 4. The van der Waals surface area contributed by atoms with E-state index in [1.54, 1.807) is 13.2 Å². The minimum absolute atomic E-state index is 0.0416. The van der Waals surface area contributed by atoms with E-state index in [9.17, 15) is 4.79 Å². The second-order valence-electron chi connectivity index (χ2n) is 4.66. The summed E-state index contributed by atoms with van der Waals surface area (Å²) in [6.45, 7) is 4.11. The Balaban J connectivity index is 2.07. The van der Waals surface area contributed by atoms with Gasteiger partial charge in [-0.05, 0) is 18.6 Å². The zero-order valence-corrected chi connectivity index (χ0v) is 11.7. The number of nitrogens with one attached hydrogen (secondary N) is 1. The Morgan fingerprint density at radius 2 is 2.10 bits per heavy atom. The highest BCUT2D eigenvalue weighted by atomic mass is 16.3. The van der Waals surface area contributed by atoms with E-state index < -0.39 is 0 Å². The van der Waals surface area contributed by atoms with Gasteiger partial charge in [0.05, 0.1) is 5.92 Å². The maximum Gasteiger partial charge on any atom is 0.228 e. The number of rotatable bonds is 5. The van der Waals surface area contributed by atoms with Gasteiger partial charge in [-0.25, -0.2) is 4.98 Å². The molecule has 1 amide bonds. The summed E-state index contributed by atoms with van der Waals surface area (Å²) in [5, 5.41) is 2.86. The molecule has 0 saturated heterocycles. The molecule has 0 bridgehead atoms. The molecule has 1 heterocycles. The monoisotopic (exact) mass is 273 g/mol. The first-order valence-corrected chi connectivity index (χ1v) is 6.67. The van der Waals surface area contributed by atoms with Crippen molar-refractivity contribution in [2.45, 2.75) is 20.3 Å². The molecule has 5 heteroatoms. The summed E-state index contributed by atoms with van der Waals surface area (Å²) in [6, 6.07) is 7.49. The van der Waals surface area contributed by atoms with Crippen LogP contribution in [0.2, 0.25) is 0 Å². The highest BCUT2D eigenvalue weighted by Crippen LogP contribution is 2.21. The third-order valence-electron chi connectivity index (χ3n) is 3.22. The molecule has 1 atom stereocenters. The highest BCUT2D eigenvalue weighted by molar-refractivity contribution is 5.92. The Bertz CT molecular complexity index is 571. The van der Waals surface area contributed by atoms with Crippen molar-refractivity contribution < 1.29 is 9.21 Å². The quantitative estimate of drug-likeness (QED) is 0.877. The van der Waals surface area contributed by atoms with Crippen molar-refractivity contribution in [3.05, 3.63) is 36.4 Å². The van der Waals surface area contributed by atoms with Crippen molar-refractivity contribution >= 4 is 11.6 Å². The minimum atomic E-state index is -0.145. The van der Waals surface area contributed by atoms with Gasteiger partial charge < -0.3 is 15.5 Å². The lowest BCUT2D eigenvalue weighted by atomic mass is 10.1. The van der Waals surface area contributed by atoms with Crippen molar-refractivity contribution in [1.82, 2.24) is 4.98 Å². The number of benzene rings is 1. The van der Waals surface area contributed by atoms with Crippen LogP contribution in [0, 0.1) is 12.8 Å². The van der Waals surface area contributed by atoms with Crippen LogP contribution < -0.4 is 11.1 Å². The first-order valence-electron chi connectivity index (χ1n) is 6.67. The molecule has 0 radical (unpaired) electrons. The molecule has 0 aliphatic heterocycles. The Kier molecular flexibility index (Phi) is 4.53. The second-order valence-corrected chi connectivity index (χ2v) is 4.66. The van der Waals surface area contributed by atoms with Gasteiger partial charge in [-0.1, -0.05) is 19.1 Å². The molecule has 1 aromatic heterocycles. The van der Waals surface area contributed by atoms with Crippen LogP contribution in [0.1, 0.15) is 19.2 Å². The number of carbonyl (C=O) groups excluding carboxylic acids is 1. The lowest BCUT2D eigenvalue weighted by molar-refractivity contribution is -0.119. The number of amides is 1. The average molecular weight is 273 g/mol. The summed E-state index contributed by atoms with van der Waals surface area (Å²) in [7, 11) is 0. The molecular weight excluding hydrogens is 254 g/mol. The molecule has 1 unspecified atom stereocenters. The van der Waals surface area contributed by atoms with E-state index in [0.29, 0.717) is 12.4 Å². The fourth-order valence-corrected chi connectivity index (χ4v) is 1.92. The van der Waals surface area contributed by atoms with Crippen molar-refractivity contribution in [2.24, 2.45) is 11.7 Å². The van der Waals surface area contributed by atoms with Gasteiger partial charge in [-0.2, -0.15) is 0 Å². The average Bonchev–Trinajstić information content (AvgIpc) is 2.87. The summed E-state index contributed by atoms with van der Waals surface area (Å²) in [5.41, 5.74) is 8.05. The van der Waals surface area contributed by atoms with Crippen LogP contribution in [-0.4, -0.2) is 17.4 Å². The van der Waals surface area contributed by atoms with Gasteiger partial charge in [0.1, 0.15) is 12.0 Å². The van der Waals surface area contributed by atoms with Crippen molar-refractivity contribution in [2.75, 3.05) is 11.9 Å². The first-order chi connectivity index (χ1) is 9.63. The van der Waals surface area contributed by atoms with Crippen LogP contribution in [0.3, 0.4) is 0 Å². The normalized spacial score (nSPS) is 12.2. The Morgan fingerprint density at radius 1 is 1.40 bits per heavy atom. The molecule has 1 aromatic carbocycles. The summed E-state index contributed by atoms with van der Waals surface area (Å²) in [6.07, 6.45) is 2.35. The lowest BCUT2D eigenvalue weighted by Crippen LogP contribution is -2.28. The van der Waals surface area contributed by atoms with Crippen LogP contribution >= 0.6 is 0 Å². The molecule has 0 spiro atoms. The van der Waals surface area contributed by atoms with Gasteiger partial charge in [-0.15, -0.1) is 0 Å². The van der Waals surface area contributed by atoms with E-state index in [-0.39, 0.29) is 11.8 Å². The van der Waals surface area contributed by atoms with Crippen molar-refractivity contribution in [1.29, 1.82) is 0 Å².